The van der Waals surface area contributed by atoms with Gasteiger partial charge in [-0.25, -0.2) is 0 Å². The predicted molar refractivity (Wildman–Crippen MR) is 102 cm³/mol. The first-order valence-electron chi connectivity index (χ1n) is 8.95. The van der Waals surface area contributed by atoms with Gasteiger partial charge >= 0.3 is 0 Å². The Morgan fingerprint density at radius 3 is 2.59 bits per heavy atom. The van der Waals surface area contributed by atoms with Crippen molar-refractivity contribution in [2.45, 2.75) is 25.9 Å². The van der Waals surface area contributed by atoms with Gasteiger partial charge in [0.25, 0.3) is 0 Å². The van der Waals surface area contributed by atoms with Gasteiger partial charge in [-0.2, -0.15) is 0 Å². The van der Waals surface area contributed by atoms with Crippen LogP contribution in [0, 0.1) is 0 Å². The highest BCUT2D eigenvalue weighted by Crippen LogP contribution is 2.31. The fourth-order valence-electron chi connectivity index (χ4n) is 3.46. The lowest BCUT2D eigenvalue weighted by Gasteiger charge is -2.35. The molecule has 2 aromatic rings. The van der Waals surface area contributed by atoms with E-state index in [4.69, 9.17) is 9.47 Å². The van der Waals surface area contributed by atoms with Gasteiger partial charge in [-0.1, -0.05) is 30.3 Å². The Kier molecular flexibility index (Phi) is 5.64. The van der Waals surface area contributed by atoms with Crippen LogP contribution in [0.25, 0.3) is 0 Å². The molecular weight excluding hydrogens is 344 g/mol. The number of amides is 2. The first kappa shape index (κ1) is 18.8. The van der Waals surface area contributed by atoms with E-state index < -0.39 is 6.04 Å². The van der Waals surface area contributed by atoms with Crippen molar-refractivity contribution in [1.82, 2.24) is 10.2 Å². The number of ether oxygens (including phenoxy) is 2. The van der Waals surface area contributed by atoms with Crippen LogP contribution in [0.4, 0.5) is 0 Å². The van der Waals surface area contributed by atoms with Crippen molar-refractivity contribution in [3.05, 3.63) is 59.2 Å². The predicted octanol–water partition coefficient (Wildman–Crippen LogP) is 2.47. The van der Waals surface area contributed by atoms with Crippen molar-refractivity contribution in [3.8, 4) is 11.5 Å². The third-order valence-electron chi connectivity index (χ3n) is 4.83. The molecular formula is C21H24N2O4. The lowest BCUT2D eigenvalue weighted by Crippen LogP contribution is -2.47. The summed E-state index contributed by atoms with van der Waals surface area (Å²) in [6, 6.07) is 12.5. The van der Waals surface area contributed by atoms with Crippen molar-refractivity contribution in [3.63, 3.8) is 0 Å². The van der Waals surface area contributed by atoms with E-state index in [9.17, 15) is 9.59 Å². The van der Waals surface area contributed by atoms with E-state index in [0.717, 1.165) is 16.7 Å². The fraction of sp³-hybridized carbons (Fsp3) is 0.333. The molecule has 0 bridgehead atoms. The summed E-state index contributed by atoms with van der Waals surface area (Å²) in [6.45, 7) is 2.71. The Balaban J connectivity index is 1.80. The number of nitrogens with one attached hydrogen (secondary N) is 1. The molecule has 0 fully saturated rings. The SMILES string of the molecule is CCN1C(=O)Cc2ccccc2C1C(=O)NCc1ccc(OC)c(OC)c1. The minimum absolute atomic E-state index is 0.0255. The topological polar surface area (TPSA) is 67.9 Å². The number of nitrogens with zero attached hydrogens (tertiary/aromatic N) is 1. The van der Waals surface area contributed by atoms with Gasteiger partial charge < -0.3 is 19.7 Å². The molecule has 6 nitrogen and oxygen atoms in total. The molecule has 3 rings (SSSR count). The largest absolute Gasteiger partial charge is 0.493 e. The van der Waals surface area contributed by atoms with Crippen LogP contribution in [0.3, 0.4) is 0 Å². The molecule has 0 aromatic heterocycles. The normalized spacial score (nSPS) is 15.9. The molecule has 2 amide bonds. The quantitative estimate of drug-likeness (QED) is 0.851. The number of carbonyl (C=O) groups excluding carboxylic acids is 2. The molecule has 142 valence electrons. The van der Waals surface area contributed by atoms with Crippen LogP contribution in [0.5, 0.6) is 11.5 Å². The molecule has 1 aliphatic heterocycles. The number of fused-ring (bicyclic) bond motifs is 1. The van der Waals surface area contributed by atoms with Crippen molar-refractivity contribution < 1.29 is 19.1 Å². The summed E-state index contributed by atoms with van der Waals surface area (Å²) in [6.07, 6.45) is 0.337. The van der Waals surface area contributed by atoms with Crippen LogP contribution in [0.2, 0.25) is 0 Å². The lowest BCUT2D eigenvalue weighted by atomic mass is 9.91. The Labute approximate surface area is 159 Å². The third-order valence-corrected chi connectivity index (χ3v) is 4.83. The molecule has 2 aromatic carbocycles. The molecule has 1 atom stereocenters. The third kappa shape index (κ3) is 3.74. The highest BCUT2D eigenvalue weighted by molar-refractivity contribution is 5.92. The second-order valence-electron chi connectivity index (χ2n) is 6.37. The zero-order valence-corrected chi connectivity index (χ0v) is 15.8. The summed E-state index contributed by atoms with van der Waals surface area (Å²) in [5.41, 5.74) is 2.70. The van der Waals surface area contributed by atoms with Crippen molar-refractivity contribution >= 4 is 11.8 Å². The van der Waals surface area contributed by atoms with E-state index in [1.807, 2.05) is 43.3 Å². The van der Waals surface area contributed by atoms with E-state index >= 15 is 0 Å². The van der Waals surface area contributed by atoms with Gasteiger partial charge in [0, 0.05) is 13.1 Å². The van der Waals surface area contributed by atoms with E-state index in [1.54, 1.807) is 25.2 Å². The first-order valence-corrected chi connectivity index (χ1v) is 8.95. The summed E-state index contributed by atoms with van der Waals surface area (Å²) < 4.78 is 10.5. The summed E-state index contributed by atoms with van der Waals surface area (Å²) in [7, 11) is 3.15. The van der Waals surface area contributed by atoms with Gasteiger partial charge in [0.15, 0.2) is 11.5 Å². The molecule has 0 aliphatic carbocycles. The van der Waals surface area contributed by atoms with E-state index in [1.165, 1.54) is 0 Å². The Morgan fingerprint density at radius 1 is 1.15 bits per heavy atom. The zero-order chi connectivity index (χ0) is 19.4. The highest BCUT2D eigenvalue weighted by Gasteiger charge is 2.35. The number of carbonyl (C=O) groups is 2. The number of likely N-dealkylation sites (N-methyl/N-ethyl adjacent to an activating group) is 1. The minimum atomic E-state index is -0.604. The van der Waals surface area contributed by atoms with Crippen LogP contribution in [0.15, 0.2) is 42.5 Å². The molecule has 0 saturated heterocycles. The average molecular weight is 368 g/mol. The molecule has 1 aliphatic rings. The van der Waals surface area contributed by atoms with E-state index in [0.29, 0.717) is 31.0 Å². The highest BCUT2D eigenvalue weighted by atomic mass is 16.5. The molecule has 0 spiro atoms. The maximum absolute atomic E-state index is 13.0. The first-order chi connectivity index (χ1) is 13.1. The lowest BCUT2D eigenvalue weighted by molar-refractivity contribution is -0.141. The molecule has 1 heterocycles. The number of benzene rings is 2. The smallest absolute Gasteiger partial charge is 0.247 e. The van der Waals surface area contributed by atoms with Crippen LogP contribution in [-0.2, 0) is 22.6 Å². The minimum Gasteiger partial charge on any atom is -0.493 e. The van der Waals surface area contributed by atoms with Gasteiger partial charge in [-0.15, -0.1) is 0 Å². The number of hydrogen-bond donors (Lipinski definition) is 1. The molecule has 0 saturated carbocycles. The van der Waals surface area contributed by atoms with Gasteiger partial charge in [0.1, 0.15) is 6.04 Å². The summed E-state index contributed by atoms with van der Waals surface area (Å²) in [5, 5.41) is 2.95. The molecule has 1 N–H and O–H groups in total. The fourth-order valence-corrected chi connectivity index (χ4v) is 3.46. The molecule has 6 heteroatoms. The van der Waals surface area contributed by atoms with Gasteiger partial charge in [-0.05, 0) is 35.7 Å². The second kappa shape index (κ2) is 8.12. The maximum atomic E-state index is 13.0. The van der Waals surface area contributed by atoms with Crippen molar-refractivity contribution in [2.24, 2.45) is 0 Å². The number of methoxy groups -OCH3 is 2. The monoisotopic (exact) mass is 368 g/mol. The van der Waals surface area contributed by atoms with Crippen molar-refractivity contribution in [1.29, 1.82) is 0 Å². The van der Waals surface area contributed by atoms with Gasteiger partial charge in [0.2, 0.25) is 11.8 Å². The molecule has 27 heavy (non-hydrogen) atoms. The molecule has 1 unspecified atom stereocenters. The Bertz CT molecular complexity index is 850. The molecule has 0 radical (unpaired) electrons. The van der Waals surface area contributed by atoms with Gasteiger partial charge in [0.05, 0.1) is 20.6 Å². The van der Waals surface area contributed by atoms with Crippen molar-refractivity contribution in [2.75, 3.05) is 20.8 Å². The Morgan fingerprint density at radius 2 is 1.89 bits per heavy atom. The number of rotatable bonds is 6. The zero-order valence-electron chi connectivity index (χ0n) is 15.8. The standard InChI is InChI=1S/C21H24N2O4/c1-4-23-19(24)12-15-7-5-6-8-16(15)20(23)21(25)22-13-14-9-10-17(26-2)18(11-14)27-3/h5-11,20H,4,12-13H2,1-3H3,(H,22,25). The van der Waals surface area contributed by atoms with Gasteiger partial charge in [-0.3, -0.25) is 9.59 Å². The van der Waals surface area contributed by atoms with Crippen LogP contribution >= 0.6 is 0 Å². The second-order valence-corrected chi connectivity index (χ2v) is 6.37. The summed E-state index contributed by atoms with van der Waals surface area (Å²) in [5.74, 6) is 1.03. The van der Waals surface area contributed by atoms with E-state index in [2.05, 4.69) is 5.32 Å². The average Bonchev–Trinajstić information content (AvgIpc) is 2.70. The van der Waals surface area contributed by atoms with Crippen LogP contribution in [0.1, 0.15) is 29.7 Å². The van der Waals surface area contributed by atoms with Crippen LogP contribution in [-0.4, -0.2) is 37.5 Å². The van der Waals surface area contributed by atoms with E-state index in [-0.39, 0.29) is 11.8 Å². The Hall–Kier alpha value is -3.02. The number of hydrogen-bond acceptors (Lipinski definition) is 4. The summed E-state index contributed by atoms with van der Waals surface area (Å²) in [4.78, 5) is 27.0. The summed E-state index contributed by atoms with van der Waals surface area (Å²) >= 11 is 0. The van der Waals surface area contributed by atoms with Crippen LogP contribution < -0.4 is 14.8 Å². The maximum Gasteiger partial charge on any atom is 0.247 e.